The molecular formula is C18H27N3O2. The molecule has 3 rings (SSSR count). The minimum atomic E-state index is 0.126. The van der Waals surface area contributed by atoms with Crippen LogP contribution in [0.2, 0.25) is 0 Å². The highest BCUT2D eigenvalue weighted by Gasteiger charge is 2.23. The Balaban J connectivity index is 1.41. The summed E-state index contributed by atoms with van der Waals surface area (Å²) in [5, 5.41) is 6.40. The Morgan fingerprint density at radius 3 is 2.65 bits per heavy atom. The zero-order chi connectivity index (χ0) is 16.1. The lowest BCUT2D eigenvalue weighted by Gasteiger charge is -2.34. The molecule has 5 heteroatoms. The number of rotatable bonds is 7. The molecule has 5 nitrogen and oxygen atoms in total. The summed E-state index contributed by atoms with van der Waals surface area (Å²) >= 11 is 0. The van der Waals surface area contributed by atoms with Gasteiger partial charge in [0.05, 0.1) is 19.3 Å². The lowest BCUT2D eigenvalue weighted by atomic mass is 10.0. The Kier molecular flexibility index (Phi) is 5.39. The first-order chi connectivity index (χ1) is 11.3. The predicted molar refractivity (Wildman–Crippen MR) is 92.0 cm³/mol. The number of hydrogen-bond acceptors (Lipinski definition) is 4. The van der Waals surface area contributed by atoms with Gasteiger partial charge >= 0.3 is 0 Å². The molecule has 1 amide bonds. The molecule has 0 atom stereocenters. The number of nitrogens with one attached hydrogen (secondary N) is 2. The summed E-state index contributed by atoms with van der Waals surface area (Å²) in [6.07, 6.45) is 4.59. The van der Waals surface area contributed by atoms with Crippen molar-refractivity contribution in [3.8, 4) is 5.75 Å². The quantitative estimate of drug-likeness (QED) is 0.805. The van der Waals surface area contributed by atoms with Gasteiger partial charge in [-0.15, -0.1) is 0 Å². The van der Waals surface area contributed by atoms with Crippen LogP contribution in [0, 0.1) is 5.92 Å². The highest BCUT2D eigenvalue weighted by atomic mass is 16.5. The van der Waals surface area contributed by atoms with Gasteiger partial charge in [0.2, 0.25) is 5.91 Å². The van der Waals surface area contributed by atoms with Crippen LogP contribution >= 0.6 is 0 Å². The van der Waals surface area contributed by atoms with E-state index < -0.39 is 0 Å². The molecule has 2 fully saturated rings. The normalized spacial score (nSPS) is 18.7. The largest absolute Gasteiger partial charge is 0.495 e. The molecule has 1 saturated heterocycles. The number of hydrogen-bond donors (Lipinski definition) is 2. The van der Waals surface area contributed by atoms with Crippen LogP contribution in [-0.4, -0.2) is 45.2 Å². The molecule has 0 unspecified atom stereocenters. The lowest BCUT2D eigenvalue weighted by molar-refractivity contribution is -0.121. The van der Waals surface area contributed by atoms with Crippen molar-refractivity contribution in [2.45, 2.75) is 31.7 Å². The van der Waals surface area contributed by atoms with Crippen molar-refractivity contribution in [1.29, 1.82) is 0 Å². The zero-order valence-electron chi connectivity index (χ0n) is 13.9. The van der Waals surface area contributed by atoms with Crippen molar-refractivity contribution in [1.82, 2.24) is 10.6 Å². The van der Waals surface area contributed by atoms with Gasteiger partial charge < -0.3 is 20.3 Å². The highest BCUT2D eigenvalue weighted by Crippen LogP contribution is 2.30. The van der Waals surface area contributed by atoms with E-state index in [-0.39, 0.29) is 11.9 Å². The summed E-state index contributed by atoms with van der Waals surface area (Å²) < 4.78 is 5.44. The SMILES string of the molecule is COc1ccccc1N1CCC(NC(=O)CNCC2CC2)CC1. The van der Waals surface area contributed by atoms with E-state index in [2.05, 4.69) is 21.6 Å². The molecule has 0 aromatic heterocycles. The maximum absolute atomic E-state index is 12.0. The van der Waals surface area contributed by atoms with Crippen LogP contribution in [0.1, 0.15) is 25.7 Å². The van der Waals surface area contributed by atoms with Crippen LogP contribution in [0.4, 0.5) is 5.69 Å². The Labute approximate surface area is 138 Å². The first-order valence-corrected chi connectivity index (χ1v) is 8.64. The Bertz CT molecular complexity index is 523. The van der Waals surface area contributed by atoms with Gasteiger partial charge in [-0.05, 0) is 50.3 Å². The van der Waals surface area contributed by atoms with Crippen LogP contribution < -0.4 is 20.3 Å². The van der Waals surface area contributed by atoms with Gasteiger partial charge in [-0.2, -0.15) is 0 Å². The van der Waals surface area contributed by atoms with Crippen LogP contribution in [0.15, 0.2) is 24.3 Å². The van der Waals surface area contributed by atoms with E-state index >= 15 is 0 Å². The second-order valence-electron chi connectivity index (χ2n) is 6.57. The Morgan fingerprint density at radius 2 is 1.96 bits per heavy atom. The number of nitrogens with zero attached hydrogens (tertiary/aromatic N) is 1. The van der Waals surface area contributed by atoms with Gasteiger partial charge in [0.15, 0.2) is 0 Å². The first-order valence-electron chi connectivity index (χ1n) is 8.64. The molecule has 2 aliphatic rings. The van der Waals surface area contributed by atoms with E-state index in [0.29, 0.717) is 6.54 Å². The van der Waals surface area contributed by atoms with Crippen LogP contribution in [0.25, 0.3) is 0 Å². The topological polar surface area (TPSA) is 53.6 Å². The Morgan fingerprint density at radius 1 is 1.22 bits per heavy atom. The Hall–Kier alpha value is -1.75. The van der Waals surface area contributed by atoms with Crippen molar-refractivity contribution >= 4 is 11.6 Å². The molecule has 1 saturated carbocycles. The number of methoxy groups -OCH3 is 1. The number of amides is 1. The van der Waals surface area contributed by atoms with E-state index in [9.17, 15) is 4.79 Å². The first kappa shape index (κ1) is 16.1. The molecule has 2 N–H and O–H groups in total. The number of anilines is 1. The van der Waals surface area contributed by atoms with Gasteiger partial charge in [-0.1, -0.05) is 12.1 Å². The molecule has 126 valence electrons. The monoisotopic (exact) mass is 317 g/mol. The third kappa shape index (κ3) is 4.61. The molecule has 1 aliphatic carbocycles. The number of benzene rings is 1. The molecule has 0 bridgehead atoms. The fraction of sp³-hybridized carbons (Fsp3) is 0.611. The fourth-order valence-corrected chi connectivity index (χ4v) is 3.15. The summed E-state index contributed by atoms with van der Waals surface area (Å²) in [5.41, 5.74) is 1.14. The maximum Gasteiger partial charge on any atom is 0.234 e. The van der Waals surface area contributed by atoms with Gasteiger partial charge in [0.1, 0.15) is 5.75 Å². The summed E-state index contributed by atoms with van der Waals surface area (Å²) in [6.45, 7) is 3.32. The minimum absolute atomic E-state index is 0.126. The number of carbonyl (C=O) groups is 1. The van der Waals surface area contributed by atoms with Crippen LogP contribution in [0.3, 0.4) is 0 Å². The highest BCUT2D eigenvalue weighted by molar-refractivity contribution is 5.78. The van der Waals surface area contributed by atoms with Crippen molar-refractivity contribution < 1.29 is 9.53 Å². The third-order valence-electron chi connectivity index (χ3n) is 4.70. The lowest BCUT2D eigenvalue weighted by Crippen LogP contribution is -2.47. The molecule has 23 heavy (non-hydrogen) atoms. The smallest absolute Gasteiger partial charge is 0.234 e. The van der Waals surface area contributed by atoms with Gasteiger partial charge in [-0.3, -0.25) is 4.79 Å². The third-order valence-corrected chi connectivity index (χ3v) is 4.70. The molecule has 1 aliphatic heterocycles. The van der Waals surface area contributed by atoms with Gasteiger partial charge in [-0.25, -0.2) is 0 Å². The average Bonchev–Trinajstić information content (AvgIpc) is 3.40. The summed E-state index contributed by atoms with van der Waals surface area (Å²) in [5.74, 6) is 1.85. The number of ether oxygens (including phenoxy) is 1. The summed E-state index contributed by atoms with van der Waals surface area (Å²) in [6, 6.07) is 8.41. The van der Waals surface area contributed by atoms with Crippen LogP contribution in [-0.2, 0) is 4.79 Å². The second-order valence-corrected chi connectivity index (χ2v) is 6.57. The van der Waals surface area contributed by atoms with Gasteiger partial charge in [0.25, 0.3) is 0 Å². The molecular weight excluding hydrogens is 290 g/mol. The molecule has 0 radical (unpaired) electrons. The maximum atomic E-state index is 12.0. The minimum Gasteiger partial charge on any atom is -0.495 e. The number of piperidine rings is 1. The van der Waals surface area contributed by atoms with E-state index in [1.165, 1.54) is 12.8 Å². The second kappa shape index (κ2) is 7.68. The van der Waals surface area contributed by atoms with Crippen molar-refractivity contribution in [3.63, 3.8) is 0 Å². The standard InChI is InChI=1S/C18H27N3O2/c1-23-17-5-3-2-4-16(17)21-10-8-15(9-11-21)20-18(22)13-19-12-14-6-7-14/h2-5,14-15,19H,6-13H2,1H3,(H,20,22). The number of carbonyl (C=O) groups excluding carboxylic acids is 1. The van der Waals surface area contributed by atoms with E-state index in [0.717, 1.165) is 49.8 Å². The molecule has 1 aromatic carbocycles. The predicted octanol–water partition coefficient (Wildman–Crippen LogP) is 1.78. The van der Waals surface area contributed by atoms with E-state index in [1.54, 1.807) is 7.11 Å². The summed E-state index contributed by atoms with van der Waals surface area (Å²) in [7, 11) is 1.71. The van der Waals surface area contributed by atoms with E-state index in [1.807, 2.05) is 18.2 Å². The van der Waals surface area contributed by atoms with Crippen molar-refractivity contribution in [2.75, 3.05) is 38.2 Å². The molecule has 1 aromatic rings. The zero-order valence-corrected chi connectivity index (χ0v) is 13.9. The van der Waals surface area contributed by atoms with Crippen LogP contribution in [0.5, 0.6) is 5.75 Å². The molecule has 1 heterocycles. The van der Waals surface area contributed by atoms with Gasteiger partial charge in [0, 0.05) is 19.1 Å². The fourth-order valence-electron chi connectivity index (χ4n) is 3.15. The average molecular weight is 317 g/mol. The van der Waals surface area contributed by atoms with Crippen molar-refractivity contribution in [2.24, 2.45) is 5.92 Å². The number of para-hydroxylation sites is 2. The van der Waals surface area contributed by atoms with Crippen molar-refractivity contribution in [3.05, 3.63) is 24.3 Å². The summed E-state index contributed by atoms with van der Waals surface area (Å²) in [4.78, 5) is 14.3. The molecule has 0 spiro atoms. The van der Waals surface area contributed by atoms with E-state index in [4.69, 9.17) is 4.74 Å².